The number of fused-ring (bicyclic) bond motifs is 1. The molecule has 8 heteroatoms. The van der Waals surface area contributed by atoms with E-state index in [4.69, 9.17) is 4.98 Å². The number of aliphatic imine (C=N–C) groups is 1. The van der Waals surface area contributed by atoms with Crippen molar-refractivity contribution in [3.63, 3.8) is 0 Å². The molecule has 4 rings (SSSR count). The molecule has 158 valence electrons. The lowest BCUT2D eigenvalue weighted by Gasteiger charge is -2.35. The van der Waals surface area contributed by atoms with Crippen LogP contribution in [0.3, 0.4) is 0 Å². The van der Waals surface area contributed by atoms with E-state index in [0.29, 0.717) is 30.7 Å². The zero-order valence-electron chi connectivity index (χ0n) is 17.4. The molecule has 0 amide bonds. The predicted octanol–water partition coefficient (Wildman–Crippen LogP) is 1.53. The first-order chi connectivity index (χ1) is 14.6. The highest BCUT2D eigenvalue weighted by molar-refractivity contribution is 5.83. The van der Waals surface area contributed by atoms with Gasteiger partial charge >= 0.3 is 0 Å². The fourth-order valence-electron chi connectivity index (χ4n) is 3.59. The largest absolute Gasteiger partial charge is 0.396 e. The Bertz CT molecular complexity index is 1010. The van der Waals surface area contributed by atoms with Crippen LogP contribution in [0.25, 0.3) is 11.3 Å². The smallest absolute Gasteiger partial charge is 0.255 e. The van der Waals surface area contributed by atoms with Crippen LogP contribution in [-0.2, 0) is 6.54 Å². The molecule has 8 nitrogen and oxygen atoms in total. The van der Waals surface area contributed by atoms with E-state index in [1.165, 1.54) is 0 Å². The second-order valence-corrected chi connectivity index (χ2v) is 7.80. The predicted molar refractivity (Wildman–Crippen MR) is 118 cm³/mol. The molecular formula is C22H28N6O2. The number of nitrogens with one attached hydrogen (secondary N) is 2. The molecule has 0 spiro atoms. The van der Waals surface area contributed by atoms with Crippen LogP contribution in [0.5, 0.6) is 0 Å². The summed E-state index contributed by atoms with van der Waals surface area (Å²) in [7, 11) is 0. The highest BCUT2D eigenvalue weighted by Crippen LogP contribution is 2.24. The zero-order chi connectivity index (χ0) is 21.1. The monoisotopic (exact) mass is 408 g/mol. The fraction of sp³-hybridized carbons (Fsp3) is 0.409. The van der Waals surface area contributed by atoms with Crippen molar-refractivity contribution in [3.8, 4) is 11.3 Å². The maximum atomic E-state index is 12.8. The van der Waals surface area contributed by atoms with E-state index in [2.05, 4.69) is 15.6 Å². The van der Waals surface area contributed by atoms with Crippen molar-refractivity contribution in [1.82, 2.24) is 20.2 Å². The lowest BCUT2D eigenvalue weighted by atomic mass is 10.1. The Morgan fingerprint density at radius 2 is 2.03 bits per heavy atom. The molecule has 0 aliphatic carbocycles. The number of anilines is 1. The van der Waals surface area contributed by atoms with Crippen LogP contribution in [0.4, 0.5) is 5.95 Å². The van der Waals surface area contributed by atoms with Gasteiger partial charge in [-0.15, -0.1) is 0 Å². The number of aromatic nitrogens is 2. The Morgan fingerprint density at radius 3 is 2.80 bits per heavy atom. The summed E-state index contributed by atoms with van der Waals surface area (Å²) in [5, 5.41) is 16.1. The molecule has 0 bridgehead atoms. The Labute approximate surface area is 176 Å². The van der Waals surface area contributed by atoms with Crippen molar-refractivity contribution in [2.24, 2.45) is 10.9 Å². The van der Waals surface area contributed by atoms with E-state index in [9.17, 15) is 9.90 Å². The Hall–Kier alpha value is -3.13. The third-order valence-electron chi connectivity index (χ3n) is 5.64. The van der Waals surface area contributed by atoms with Gasteiger partial charge in [0.15, 0.2) is 5.96 Å². The maximum absolute atomic E-state index is 12.8. The number of hydrogen-bond acceptors (Lipinski definition) is 7. The van der Waals surface area contributed by atoms with Gasteiger partial charge in [-0.1, -0.05) is 37.3 Å². The molecule has 0 saturated carbocycles. The Balaban J connectivity index is 1.61. The number of benzene rings is 1. The van der Waals surface area contributed by atoms with Gasteiger partial charge in [-0.2, -0.15) is 0 Å². The van der Waals surface area contributed by atoms with Gasteiger partial charge < -0.3 is 15.7 Å². The first-order valence-electron chi connectivity index (χ1n) is 10.4. The van der Waals surface area contributed by atoms with Gasteiger partial charge in [0.25, 0.3) is 5.56 Å². The van der Waals surface area contributed by atoms with Crippen LogP contribution >= 0.6 is 0 Å². The minimum Gasteiger partial charge on any atom is -0.396 e. The van der Waals surface area contributed by atoms with E-state index in [1.807, 2.05) is 55.2 Å². The molecule has 2 unspecified atom stereocenters. The lowest BCUT2D eigenvalue weighted by Crippen LogP contribution is -2.50. The van der Waals surface area contributed by atoms with Crippen molar-refractivity contribution in [3.05, 3.63) is 58.6 Å². The molecular weight excluding hydrogens is 380 g/mol. The highest BCUT2D eigenvalue weighted by Gasteiger charge is 2.25. The second kappa shape index (κ2) is 8.71. The molecule has 2 aromatic rings. The van der Waals surface area contributed by atoms with Gasteiger partial charge in [0.2, 0.25) is 5.95 Å². The fourth-order valence-corrected chi connectivity index (χ4v) is 3.59. The van der Waals surface area contributed by atoms with Gasteiger partial charge in [-0.25, -0.2) is 9.98 Å². The highest BCUT2D eigenvalue weighted by atomic mass is 16.3. The molecule has 2 aliphatic heterocycles. The van der Waals surface area contributed by atoms with E-state index >= 15 is 0 Å². The van der Waals surface area contributed by atoms with E-state index in [1.54, 1.807) is 10.6 Å². The molecule has 0 radical (unpaired) electrons. The molecule has 3 N–H and O–H groups in total. The first-order valence-corrected chi connectivity index (χ1v) is 10.4. The van der Waals surface area contributed by atoms with Crippen LogP contribution in [0.15, 0.2) is 58.1 Å². The second-order valence-electron chi connectivity index (χ2n) is 7.80. The summed E-state index contributed by atoms with van der Waals surface area (Å²) in [6.45, 7) is 6.07. The van der Waals surface area contributed by atoms with E-state index < -0.39 is 0 Å². The minimum absolute atomic E-state index is 0.0441. The summed E-state index contributed by atoms with van der Waals surface area (Å²) in [6, 6.07) is 11.4. The molecule has 1 aromatic heterocycles. The summed E-state index contributed by atoms with van der Waals surface area (Å²) < 4.78 is 1.73. The molecule has 3 heterocycles. The molecule has 1 aromatic carbocycles. The van der Waals surface area contributed by atoms with Gasteiger partial charge in [-0.05, 0) is 25.3 Å². The molecule has 0 saturated heterocycles. The first kappa shape index (κ1) is 20.2. The normalized spacial score (nSPS) is 17.9. The van der Waals surface area contributed by atoms with Crippen molar-refractivity contribution in [2.75, 3.05) is 24.6 Å². The van der Waals surface area contributed by atoms with Crippen LogP contribution in [0.2, 0.25) is 0 Å². The summed E-state index contributed by atoms with van der Waals surface area (Å²) in [5.74, 6) is 2.28. The topological polar surface area (TPSA) is 94.8 Å². The average molecular weight is 409 g/mol. The summed E-state index contributed by atoms with van der Waals surface area (Å²) in [5.41, 5.74) is 1.55. The summed E-state index contributed by atoms with van der Waals surface area (Å²) in [6.07, 6.45) is 2.86. The van der Waals surface area contributed by atoms with Crippen molar-refractivity contribution in [1.29, 1.82) is 0 Å². The van der Waals surface area contributed by atoms with E-state index in [-0.39, 0.29) is 24.1 Å². The van der Waals surface area contributed by atoms with Crippen molar-refractivity contribution in [2.45, 2.75) is 32.9 Å². The molecule has 2 atom stereocenters. The van der Waals surface area contributed by atoms with E-state index in [0.717, 1.165) is 24.4 Å². The zero-order valence-corrected chi connectivity index (χ0v) is 17.4. The van der Waals surface area contributed by atoms with Crippen molar-refractivity contribution >= 4 is 11.9 Å². The molecule has 30 heavy (non-hydrogen) atoms. The van der Waals surface area contributed by atoms with Gasteiger partial charge in [0, 0.05) is 37.4 Å². The number of hydrogen-bond donors (Lipinski definition) is 3. The summed E-state index contributed by atoms with van der Waals surface area (Å²) in [4.78, 5) is 24.2. The number of aliphatic hydroxyl groups is 1. The number of aliphatic hydroxyl groups excluding tert-OH is 1. The van der Waals surface area contributed by atoms with Gasteiger partial charge in [0.05, 0.1) is 12.2 Å². The Morgan fingerprint density at radius 1 is 1.23 bits per heavy atom. The average Bonchev–Trinajstić information content (AvgIpc) is 2.79. The molecule has 2 aliphatic rings. The Kier molecular flexibility index (Phi) is 5.85. The minimum atomic E-state index is -0.0441. The van der Waals surface area contributed by atoms with Crippen LogP contribution < -0.4 is 21.1 Å². The standard InChI is InChI=1S/C22H28N6O2/c1-15(14-29)16(2)24-21-23-10-9-19(26-21)27-11-6-12-28-20(30)13-18(25-22(27)28)17-7-4-3-5-8-17/h3-5,7-9,13,15-16,29H,6,10-12,14H2,1-2H3,(H2,23,24,26). The van der Waals surface area contributed by atoms with Crippen LogP contribution in [-0.4, -0.2) is 46.4 Å². The number of rotatable bonds is 5. The number of nitrogens with zero attached hydrogens (tertiary/aromatic N) is 4. The SMILES string of the molecule is CC(CO)C(C)NC1=NCC=C(N2CCCn3c2nc(-c2ccccc2)cc3=O)N1. The lowest BCUT2D eigenvalue weighted by molar-refractivity contribution is 0.215. The third kappa shape index (κ3) is 4.09. The van der Waals surface area contributed by atoms with Crippen LogP contribution in [0, 0.1) is 5.92 Å². The van der Waals surface area contributed by atoms with Crippen LogP contribution in [0.1, 0.15) is 20.3 Å². The summed E-state index contributed by atoms with van der Waals surface area (Å²) >= 11 is 0. The van der Waals surface area contributed by atoms with Gasteiger partial charge in [0.1, 0.15) is 5.82 Å². The van der Waals surface area contributed by atoms with Crippen molar-refractivity contribution < 1.29 is 5.11 Å². The number of guanidine groups is 1. The van der Waals surface area contributed by atoms with Gasteiger partial charge in [-0.3, -0.25) is 14.3 Å². The third-order valence-corrected chi connectivity index (χ3v) is 5.64. The molecule has 0 fully saturated rings. The quantitative estimate of drug-likeness (QED) is 0.695. The maximum Gasteiger partial charge on any atom is 0.255 e.